The highest BCUT2D eigenvalue weighted by Gasteiger charge is 2.10. The zero-order valence-corrected chi connectivity index (χ0v) is 13.4. The third kappa shape index (κ3) is 3.49. The molecule has 0 aliphatic heterocycles. The van der Waals surface area contributed by atoms with Crippen LogP contribution in [0.5, 0.6) is 11.5 Å². The first-order valence-electron chi connectivity index (χ1n) is 7.78. The minimum Gasteiger partial charge on any atom is -0.493 e. The SMILES string of the molecule is CCOc1ccc(C(=O)O)cc1COc1ccc2ccccc2c1. The number of carboxylic acids is 1. The van der Waals surface area contributed by atoms with Gasteiger partial charge >= 0.3 is 5.97 Å². The van der Waals surface area contributed by atoms with Gasteiger partial charge in [0.15, 0.2) is 0 Å². The highest BCUT2D eigenvalue weighted by Crippen LogP contribution is 2.25. The molecule has 1 N–H and O–H groups in total. The van der Waals surface area contributed by atoms with Gasteiger partial charge in [-0.3, -0.25) is 0 Å². The molecule has 3 aromatic rings. The summed E-state index contributed by atoms with van der Waals surface area (Å²) in [7, 11) is 0. The summed E-state index contributed by atoms with van der Waals surface area (Å²) in [4.78, 5) is 11.2. The van der Waals surface area contributed by atoms with Crippen LogP contribution < -0.4 is 9.47 Å². The maximum atomic E-state index is 11.2. The van der Waals surface area contributed by atoms with Gasteiger partial charge in [0.25, 0.3) is 0 Å². The van der Waals surface area contributed by atoms with Crippen molar-refractivity contribution in [2.45, 2.75) is 13.5 Å². The third-order valence-electron chi connectivity index (χ3n) is 3.72. The Morgan fingerprint density at radius 2 is 1.75 bits per heavy atom. The minimum atomic E-state index is -0.968. The first-order chi connectivity index (χ1) is 11.7. The van der Waals surface area contributed by atoms with Gasteiger partial charge in [-0.2, -0.15) is 0 Å². The molecule has 4 heteroatoms. The summed E-state index contributed by atoms with van der Waals surface area (Å²) >= 11 is 0. The third-order valence-corrected chi connectivity index (χ3v) is 3.72. The minimum absolute atomic E-state index is 0.218. The standard InChI is InChI=1S/C20H18O4/c1-2-23-19-10-8-16(20(21)22)11-17(19)13-24-18-9-7-14-5-3-4-6-15(14)12-18/h3-12H,2,13H2,1H3,(H,21,22). The van der Waals surface area contributed by atoms with Gasteiger partial charge in [-0.15, -0.1) is 0 Å². The van der Waals surface area contributed by atoms with Crippen molar-refractivity contribution in [3.8, 4) is 11.5 Å². The number of hydrogen-bond donors (Lipinski definition) is 1. The van der Waals surface area contributed by atoms with Crippen LogP contribution in [0.4, 0.5) is 0 Å². The van der Waals surface area contributed by atoms with E-state index in [1.165, 1.54) is 6.07 Å². The van der Waals surface area contributed by atoms with Gasteiger partial charge in [-0.1, -0.05) is 30.3 Å². The molecule has 0 unspecified atom stereocenters. The number of carbonyl (C=O) groups is 1. The van der Waals surface area contributed by atoms with Crippen LogP contribution >= 0.6 is 0 Å². The van der Waals surface area contributed by atoms with E-state index in [-0.39, 0.29) is 12.2 Å². The molecule has 0 aromatic heterocycles. The summed E-state index contributed by atoms with van der Waals surface area (Å²) in [5.74, 6) is 0.408. The van der Waals surface area contributed by atoms with Gasteiger partial charge in [-0.05, 0) is 48.0 Å². The number of rotatable bonds is 6. The number of carboxylic acid groups (broad SMARTS) is 1. The lowest BCUT2D eigenvalue weighted by molar-refractivity contribution is 0.0696. The van der Waals surface area contributed by atoms with E-state index in [0.717, 1.165) is 16.5 Å². The van der Waals surface area contributed by atoms with Gasteiger partial charge in [0.05, 0.1) is 12.2 Å². The molecule has 24 heavy (non-hydrogen) atoms. The molecule has 0 fully saturated rings. The van der Waals surface area contributed by atoms with Crippen LogP contribution in [0, 0.1) is 0 Å². The first kappa shape index (κ1) is 15.9. The quantitative estimate of drug-likeness (QED) is 0.725. The molecule has 3 aromatic carbocycles. The van der Waals surface area contributed by atoms with Crippen LogP contribution in [0.15, 0.2) is 60.7 Å². The Morgan fingerprint density at radius 1 is 0.958 bits per heavy atom. The molecular weight excluding hydrogens is 304 g/mol. The molecule has 0 atom stereocenters. The van der Waals surface area contributed by atoms with Crippen molar-refractivity contribution >= 4 is 16.7 Å². The lowest BCUT2D eigenvalue weighted by Crippen LogP contribution is -2.04. The van der Waals surface area contributed by atoms with Gasteiger partial charge in [0.1, 0.15) is 18.1 Å². The maximum Gasteiger partial charge on any atom is 0.335 e. The number of hydrogen-bond acceptors (Lipinski definition) is 3. The molecule has 0 bridgehead atoms. The summed E-state index contributed by atoms with van der Waals surface area (Å²) in [6.45, 7) is 2.64. The van der Waals surface area contributed by atoms with E-state index in [1.807, 2.05) is 49.4 Å². The number of fused-ring (bicyclic) bond motifs is 1. The van der Waals surface area contributed by atoms with E-state index in [1.54, 1.807) is 12.1 Å². The van der Waals surface area contributed by atoms with Crippen LogP contribution in [-0.2, 0) is 6.61 Å². The van der Waals surface area contributed by atoms with Gasteiger partial charge < -0.3 is 14.6 Å². The molecule has 0 aliphatic rings. The smallest absolute Gasteiger partial charge is 0.335 e. The molecule has 122 valence electrons. The Hall–Kier alpha value is -3.01. The van der Waals surface area contributed by atoms with Crippen LogP contribution in [0.3, 0.4) is 0 Å². The molecule has 0 aliphatic carbocycles. The number of ether oxygens (including phenoxy) is 2. The Balaban J connectivity index is 1.83. The molecule has 0 spiro atoms. The summed E-state index contributed by atoms with van der Waals surface area (Å²) in [5.41, 5.74) is 0.931. The second-order valence-electron chi connectivity index (χ2n) is 5.36. The van der Waals surface area contributed by atoms with Crippen molar-refractivity contribution in [3.05, 3.63) is 71.8 Å². The predicted molar refractivity (Wildman–Crippen MR) is 92.9 cm³/mol. The fourth-order valence-corrected chi connectivity index (χ4v) is 2.54. The molecule has 4 nitrogen and oxygen atoms in total. The van der Waals surface area contributed by atoms with Crippen molar-refractivity contribution in [2.75, 3.05) is 6.61 Å². The fourth-order valence-electron chi connectivity index (χ4n) is 2.54. The Kier molecular flexibility index (Phi) is 4.66. The van der Waals surface area contributed by atoms with E-state index in [9.17, 15) is 4.79 Å². The van der Waals surface area contributed by atoms with Crippen molar-refractivity contribution in [2.24, 2.45) is 0 Å². The van der Waals surface area contributed by atoms with Crippen LogP contribution in [-0.4, -0.2) is 17.7 Å². The predicted octanol–water partition coefficient (Wildman–Crippen LogP) is 4.52. The zero-order chi connectivity index (χ0) is 16.9. The van der Waals surface area contributed by atoms with Gasteiger partial charge in [0.2, 0.25) is 0 Å². The van der Waals surface area contributed by atoms with Gasteiger partial charge in [-0.25, -0.2) is 4.79 Å². The monoisotopic (exact) mass is 322 g/mol. The zero-order valence-electron chi connectivity index (χ0n) is 13.4. The normalized spacial score (nSPS) is 10.5. The van der Waals surface area contributed by atoms with E-state index in [2.05, 4.69) is 0 Å². The number of benzene rings is 3. The van der Waals surface area contributed by atoms with E-state index in [0.29, 0.717) is 17.9 Å². The van der Waals surface area contributed by atoms with Gasteiger partial charge in [0, 0.05) is 5.56 Å². The average Bonchev–Trinajstić information content (AvgIpc) is 2.60. The molecule has 3 rings (SSSR count). The lowest BCUT2D eigenvalue weighted by atomic mass is 10.1. The Labute approximate surface area is 140 Å². The Morgan fingerprint density at radius 3 is 2.50 bits per heavy atom. The van der Waals surface area contributed by atoms with Crippen molar-refractivity contribution in [1.29, 1.82) is 0 Å². The van der Waals surface area contributed by atoms with Crippen LogP contribution in [0.2, 0.25) is 0 Å². The first-order valence-corrected chi connectivity index (χ1v) is 7.78. The highest BCUT2D eigenvalue weighted by molar-refractivity contribution is 5.88. The van der Waals surface area contributed by atoms with E-state index >= 15 is 0 Å². The molecule has 0 heterocycles. The van der Waals surface area contributed by atoms with E-state index < -0.39 is 5.97 Å². The second-order valence-corrected chi connectivity index (χ2v) is 5.36. The summed E-state index contributed by atoms with van der Waals surface area (Å²) < 4.78 is 11.4. The average molecular weight is 322 g/mol. The Bertz CT molecular complexity index is 870. The molecule has 0 amide bonds. The van der Waals surface area contributed by atoms with Crippen LogP contribution in [0.25, 0.3) is 10.8 Å². The number of aromatic carboxylic acids is 1. The van der Waals surface area contributed by atoms with Crippen molar-refractivity contribution < 1.29 is 19.4 Å². The maximum absolute atomic E-state index is 11.2. The molecule has 0 saturated carbocycles. The highest BCUT2D eigenvalue weighted by atomic mass is 16.5. The van der Waals surface area contributed by atoms with Crippen molar-refractivity contribution in [3.63, 3.8) is 0 Å². The fraction of sp³-hybridized carbons (Fsp3) is 0.150. The van der Waals surface area contributed by atoms with Crippen molar-refractivity contribution in [1.82, 2.24) is 0 Å². The molecule has 0 radical (unpaired) electrons. The van der Waals surface area contributed by atoms with Crippen LogP contribution in [0.1, 0.15) is 22.8 Å². The van der Waals surface area contributed by atoms with E-state index in [4.69, 9.17) is 14.6 Å². The topological polar surface area (TPSA) is 55.8 Å². The largest absolute Gasteiger partial charge is 0.493 e. The molecule has 0 saturated heterocycles. The lowest BCUT2D eigenvalue weighted by Gasteiger charge is -2.13. The second kappa shape index (κ2) is 7.04. The summed E-state index contributed by atoms with van der Waals surface area (Å²) in [5, 5.41) is 11.4. The molecular formula is C20H18O4. The summed E-state index contributed by atoms with van der Waals surface area (Å²) in [6, 6.07) is 18.7. The summed E-state index contributed by atoms with van der Waals surface area (Å²) in [6.07, 6.45) is 0.